The maximum Gasteiger partial charge on any atom is 0.250 e. The van der Waals surface area contributed by atoms with Crippen LogP contribution in [0.2, 0.25) is 0 Å². The first kappa shape index (κ1) is 12.6. The van der Waals surface area contributed by atoms with Crippen molar-refractivity contribution in [2.24, 2.45) is 0 Å². The molecule has 0 bridgehead atoms. The third kappa shape index (κ3) is 2.90. The number of hydrogen-bond donors (Lipinski definition) is 0. The molecule has 0 N–H and O–H groups in total. The van der Waals surface area contributed by atoms with E-state index in [1.807, 2.05) is 36.4 Å². The van der Waals surface area contributed by atoms with Crippen molar-refractivity contribution in [3.8, 4) is 0 Å². The Morgan fingerprint density at radius 1 is 1.39 bits per heavy atom. The van der Waals surface area contributed by atoms with E-state index in [1.54, 1.807) is 11.2 Å². The molecule has 1 heterocycles. The summed E-state index contributed by atoms with van der Waals surface area (Å²) in [6, 6.07) is 11.3. The Kier molecular flexibility index (Phi) is 3.99. The lowest BCUT2D eigenvalue weighted by Gasteiger charge is -2.19. The van der Waals surface area contributed by atoms with Crippen molar-refractivity contribution >= 4 is 27.5 Å². The van der Waals surface area contributed by atoms with Gasteiger partial charge in [-0.1, -0.05) is 24.8 Å². The van der Waals surface area contributed by atoms with E-state index in [-0.39, 0.29) is 5.91 Å². The van der Waals surface area contributed by atoms with Crippen molar-refractivity contribution in [1.82, 2.24) is 0 Å². The van der Waals surface area contributed by atoms with Crippen LogP contribution < -0.4 is 4.90 Å². The standard InChI is InChI=1S/C14H12BrNO2/c1-2-14(17)16(12-6-4-3-5-7-12)9-13-8-11(15)10-18-13/h2-8,10H,1,9H2. The van der Waals surface area contributed by atoms with Crippen molar-refractivity contribution in [3.05, 3.63) is 65.5 Å². The molecule has 0 aliphatic heterocycles. The molecular formula is C14H12BrNO2. The molecule has 0 aliphatic carbocycles. The average Bonchev–Trinajstić information content (AvgIpc) is 2.82. The Balaban J connectivity index is 2.26. The molecule has 0 radical (unpaired) electrons. The number of nitrogens with zero attached hydrogens (tertiary/aromatic N) is 1. The number of anilines is 1. The summed E-state index contributed by atoms with van der Waals surface area (Å²) in [5.74, 6) is 0.551. The molecule has 0 spiro atoms. The molecule has 1 aromatic carbocycles. The van der Waals surface area contributed by atoms with Crippen molar-refractivity contribution in [1.29, 1.82) is 0 Å². The van der Waals surface area contributed by atoms with E-state index in [9.17, 15) is 4.79 Å². The van der Waals surface area contributed by atoms with Crippen LogP contribution in [0.25, 0.3) is 0 Å². The van der Waals surface area contributed by atoms with Crippen molar-refractivity contribution in [3.63, 3.8) is 0 Å². The van der Waals surface area contributed by atoms with E-state index in [0.717, 1.165) is 10.2 Å². The number of benzene rings is 1. The van der Waals surface area contributed by atoms with E-state index in [0.29, 0.717) is 12.3 Å². The van der Waals surface area contributed by atoms with Crippen LogP contribution in [0.5, 0.6) is 0 Å². The third-order valence-electron chi connectivity index (χ3n) is 2.44. The maximum atomic E-state index is 11.9. The van der Waals surface area contributed by atoms with Crippen LogP contribution in [0.15, 0.2) is 64.2 Å². The minimum atomic E-state index is -0.159. The van der Waals surface area contributed by atoms with Gasteiger partial charge in [0.1, 0.15) is 12.0 Å². The number of carbonyl (C=O) groups excluding carboxylic acids is 1. The van der Waals surface area contributed by atoms with Gasteiger partial charge in [-0.3, -0.25) is 4.79 Å². The van der Waals surface area contributed by atoms with E-state index in [2.05, 4.69) is 22.5 Å². The molecule has 4 heteroatoms. The van der Waals surface area contributed by atoms with Gasteiger partial charge in [-0.15, -0.1) is 0 Å². The Labute approximate surface area is 114 Å². The predicted octanol–water partition coefficient (Wildman–Crippen LogP) is 3.76. The monoisotopic (exact) mass is 305 g/mol. The largest absolute Gasteiger partial charge is 0.466 e. The van der Waals surface area contributed by atoms with Gasteiger partial charge in [0.2, 0.25) is 0 Å². The quantitative estimate of drug-likeness (QED) is 0.806. The number of carbonyl (C=O) groups is 1. The maximum absolute atomic E-state index is 11.9. The van der Waals surface area contributed by atoms with Gasteiger partial charge in [-0.25, -0.2) is 0 Å². The fourth-order valence-electron chi connectivity index (χ4n) is 1.61. The van der Waals surface area contributed by atoms with Gasteiger partial charge in [-0.05, 0) is 40.2 Å². The lowest BCUT2D eigenvalue weighted by Crippen LogP contribution is -2.28. The molecule has 2 rings (SSSR count). The fourth-order valence-corrected chi connectivity index (χ4v) is 1.96. The van der Waals surface area contributed by atoms with Crippen LogP contribution in [0.3, 0.4) is 0 Å². The SMILES string of the molecule is C=CC(=O)N(Cc1cc(Br)co1)c1ccccc1. The van der Waals surface area contributed by atoms with Gasteiger partial charge in [-0.2, -0.15) is 0 Å². The summed E-state index contributed by atoms with van der Waals surface area (Å²) in [5, 5.41) is 0. The first-order valence-electron chi connectivity index (χ1n) is 5.42. The van der Waals surface area contributed by atoms with Crippen molar-refractivity contribution in [2.75, 3.05) is 4.90 Å². The Bertz CT molecular complexity index is 548. The van der Waals surface area contributed by atoms with Crippen LogP contribution in [0.4, 0.5) is 5.69 Å². The Morgan fingerprint density at radius 3 is 2.67 bits per heavy atom. The minimum absolute atomic E-state index is 0.159. The molecular weight excluding hydrogens is 294 g/mol. The molecule has 0 unspecified atom stereocenters. The minimum Gasteiger partial charge on any atom is -0.466 e. The number of amides is 1. The van der Waals surface area contributed by atoms with Crippen LogP contribution in [-0.2, 0) is 11.3 Å². The molecule has 1 aromatic heterocycles. The summed E-state index contributed by atoms with van der Waals surface area (Å²) in [5.41, 5.74) is 0.815. The molecule has 92 valence electrons. The second kappa shape index (κ2) is 5.69. The van der Waals surface area contributed by atoms with Crippen LogP contribution >= 0.6 is 15.9 Å². The lowest BCUT2D eigenvalue weighted by molar-refractivity contribution is -0.114. The van der Waals surface area contributed by atoms with Gasteiger partial charge >= 0.3 is 0 Å². The second-order valence-corrected chi connectivity index (χ2v) is 4.61. The molecule has 0 saturated carbocycles. The molecule has 1 amide bonds. The first-order chi connectivity index (χ1) is 8.70. The zero-order valence-electron chi connectivity index (χ0n) is 9.67. The van der Waals surface area contributed by atoms with E-state index in [1.165, 1.54) is 6.08 Å². The summed E-state index contributed by atoms with van der Waals surface area (Å²) in [7, 11) is 0. The molecule has 2 aromatic rings. The normalized spacial score (nSPS) is 10.1. The topological polar surface area (TPSA) is 33.5 Å². The molecule has 18 heavy (non-hydrogen) atoms. The average molecular weight is 306 g/mol. The summed E-state index contributed by atoms with van der Waals surface area (Å²) >= 11 is 3.32. The van der Waals surface area contributed by atoms with Crippen LogP contribution in [0, 0.1) is 0 Å². The molecule has 0 atom stereocenters. The highest BCUT2D eigenvalue weighted by molar-refractivity contribution is 9.10. The number of halogens is 1. The van der Waals surface area contributed by atoms with Gasteiger partial charge in [0.05, 0.1) is 11.0 Å². The van der Waals surface area contributed by atoms with Crippen LogP contribution in [-0.4, -0.2) is 5.91 Å². The van der Waals surface area contributed by atoms with E-state index in [4.69, 9.17) is 4.42 Å². The molecule has 0 aliphatic rings. The smallest absolute Gasteiger partial charge is 0.250 e. The number of para-hydroxylation sites is 1. The van der Waals surface area contributed by atoms with Gasteiger partial charge in [0, 0.05) is 5.69 Å². The highest BCUT2D eigenvalue weighted by Crippen LogP contribution is 2.20. The highest BCUT2D eigenvalue weighted by Gasteiger charge is 2.14. The predicted molar refractivity (Wildman–Crippen MR) is 74.2 cm³/mol. The van der Waals surface area contributed by atoms with E-state index >= 15 is 0 Å². The molecule has 0 saturated heterocycles. The summed E-state index contributed by atoms with van der Waals surface area (Å²) < 4.78 is 6.19. The number of rotatable bonds is 4. The van der Waals surface area contributed by atoms with Crippen molar-refractivity contribution < 1.29 is 9.21 Å². The van der Waals surface area contributed by atoms with Gasteiger partial charge in [0.25, 0.3) is 5.91 Å². The summed E-state index contributed by atoms with van der Waals surface area (Å²) in [6.07, 6.45) is 2.89. The number of hydrogen-bond acceptors (Lipinski definition) is 2. The van der Waals surface area contributed by atoms with Crippen molar-refractivity contribution in [2.45, 2.75) is 6.54 Å². The summed E-state index contributed by atoms with van der Waals surface area (Å²) in [6.45, 7) is 3.90. The zero-order valence-corrected chi connectivity index (χ0v) is 11.3. The lowest BCUT2D eigenvalue weighted by atomic mass is 10.2. The second-order valence-electron chi connectivity index (χ2n) is 3.70. The number of furan rings is 1. The molecule has 3 nitrogen and oxygen atoms in total. The Hall–Kier alpha value is -1.81. The van der Waals surface area contributed by atoms with Gasteiger partial charge < -0.3 is 9.32 Å². The molecule has 0 fully saturated rings. The first-order valence-corrected chi connectivity index (χ1v) is 6.22. The Morgan fingerprint density at radius 2 is 2.11 bits per heavy atom. The zero-order chi connectivity index (χ0) is 13.0. The summed E-state index contributed by atoms with van der Waals surface area (Å²) in [4.78, 5) is 13.5. The van der Waals surface area contributed by atoms with Gasteiger partial charge in [0.15, 0.2) is 0 Å². The fraction of sp³-hybridized carbons (Fsp3) is 0.0714. The van der Waals surface area contributed by atoms with Crippen LogP contribution in [0.1, 0.15) is 5.76 Å². The van der Waals surface area contributed by atoms with E-state index < -0.39 is 0 Å². The highest BCUT2D eigenvalue weighted by atomic mass is 79.9. The third-order valence-corrected chi connectivity index (χ3v) is 2.86.